The molecule has 0 N–H and O–H groups in total. The molecule has 0 aromatic rings. The van der Waals surface area contributed by atoms with Gasteiger partial charge >= 0.3 is 0 Å². The van der Waals surface area contributed by atoms with E-state index in [4.69, 9.17) is 56.6 Å². The summed E-state index contributed by atoms with van der Waals surface area (Å²) in [7, 11) is 0. The number of halogens is 5. The molecule has 0 spiro atoms. The molecule has 0 amide bonds. The molecule has 0 heterocycles. The van der Waals surface area contributed by atoms with E-state index in [0.29, 0.717) is 0 Å². The largest absolute Gasteiger partial charge is 0.333 e. The van der Waals surface area contributed by atoms with Gasteiger partial charge in [0.2, 0.25) is 0 Å². The molecule has 0 saturated carbocycles. The minimum atomic E-state index is -3.47. The van der Waals surface area contributed by atoms with Gasteiger partial charge in [-0.2, -0.15) is 0 Å². The third-order valence-electron chi connectivity index (χ3n) is 1.60. The van der Waals surface area contributed by atoms with Crippen molar-refractivity contribution in [2.24, 2.45) is 0 Å². The number of rotatable bonds is 4. The van der Waals surface area contributed by atoms with Gasteiger partial charge in [0.1, 0.15) is 5.16 Å². The molecule has 0 fully saturated rings. The van der Waals surface area contributed by atoms with E-state index >= 15 is 0 Å². The fourth-order valence-corrected chi connectivity index (χ4v) is 3.49. The molecule has 0 atom stereocenters. The monoisotopic (exact) mass is 391 g/mol. The van der Waals surface area contributed by atoms with Crippen LogP contribution in [0.4, 0.5) is 0 Å². The maximum absolute atomic E-state index is 11.3. The maximum atomic E-state index is 11.3. The Kier molecular flexibility index (Phi) is 7.21. The lowest BCUT2D eigenvalue weighted by Gasteiger charge is -2.34. The summed E-state index contributed by atoms with van der Waals surface area (Å²) in [5.41, 5.74) is -0.504. The van der Waals surface area contributed by atoms with Crippen molar-refractivity contribution in [1.29, 1.82) is 0 Å². The molecule has 3 nitrogen and oxygen atoms in total. The summed E-state index contributed by atoms with van der Waals surface area (Å²) in [6.07, 6.45) is 1.34. The van der Waals surface area contributed by atoms with Gasteiger partial charge in [0.15, 0.2) is 0 Å². The average molecular weight is 393 g/mol. The zero-order valence-corrected chi connectivity index (χ0v) is 15.3. The third-order valence-corrected chi connectivity index (χ3v) is 4.33. The van der Waals surface area contributed by atoms with Crippen LogP contribution in [0.15, 0.2) is 23.0 Å². The van der Waals surface area contributed by atoms with Crippen LogP contribution in [0.2, 0.25) is 0 Å². The van der Waals surface area contributed by atoms with Crippen molar-refractivity contribution < 1.29 is 9.13 Å². The van der Waals surface area contributed by atoms with Crippen molar-refractivity contribution in [1.82, 2.24) is 4.90 Å². The predicted molar refractivity (Wildman–Crippen MR) is 83.3 cm³/mol. The van der Waals surface area contributed by atoms with Gasteiger partial charge in [0.25, 0.3) is 11.7 Å². The molecule has 0 rings (SSSR count). The predicted octanol–water partition coefficient (Wildman–Crippen LogP) is 6.94. The van der Waals surface area contributed by atoms with Crippen LogP contribution in [0.3, 0.4) is 0 Å². The smallest absolute Gasteiger partial charge is 0.277 e. The topological polar surface area (TPSA) is 37.4 Å². The van der Waals surface area contributed by atoms with E-state index in [-0.39, 0.29) is 5.16 Å². The first-order chi connectivity index (χ1) is 7.72. The van der Waals surface area contributed by atoms with Crippen molar-refractivity contribution in [3.05, 3.63) is 23.0 Å². The summed E-state index contributed by atoms with van der Waals surface area (Å²) >= 11 is 27.6. The molecule has 0 saturated heterocycles. The van der Waals surface area contributed by atoms with E-state index in [2.05, 4.69) is 0 Å². The molecule has 0 unspecified atom stereocenters. The molecular formula is C8H12Cl5NO2P2. The van der Waals surface area contributed by atoms with Crippen molar-refractivity contribution in [2.75, 3.05) is 0 Å². The van der Waals surface area contributed by atoms with E-state index in [1.54, 1.807) is 0 Å². The molecule has 0 radical (unpaired) electrons. The molecule has 106 valence electrons. The van der Waals surface area contributed by atoms with Crippen molar-refractivity contribution in [2.45, 2.75) is 26.3 Å². The molecule has 0 aromatic heterocycles. The van der Waals surface area contributed by atoms with E-state index in [0.717, 1.165) is 11.6 Å². The van der Waals surface area contributed by atoms with Gasteiger partial charge in [-0.1, -0.05) is 11.6 Å². The second kappa shape index (κ2) is 6.76. The van der Waals surface area contributed by atoms with Gasteiger partial charge in [0, 0.05) is 23.4 Å². The maximum Gasteiger partial charge on any atom is 0.277 e. The highest BCUT2D eigenvalue weighted by molar-refractivity contribution is 8.11. The third kappa shape index (κ3) is 9.15. The SMILES string of the molecule is CC(C)(C)N(/C=C/P(=O)(Cl)Cl)/C(Cl)=C/P(=O)(Cl)Cl. The normalized spacial score (nSPS) is 15.2. The summed E-state index contributed by atoms with van der Waals surface area (Å²) in [6.45, 7) is 5.44. The summed E-state index contributed by atoms with van der Waals surface area (Å²) < 4.78 is 22.5. The number of hydrogen-bond donors (Lipinski definition) is 0. The van der Waals surface area contributed by atoms with Gasteiger partial charge in [-0.3, -0.25) is 9.13 Å². The van der Waals surface area contributed by atoms with Crippen LogP contribution in [0.5, 0.6) is 0 Å². The molecule has 0 aromatic carbocycles. The van der Waals surface area contributed by atoms with Crippen LogP contribution in [0, 0.1) is 0 Å². The minimum absolute atomic E-state index is 0.0221. The van der Waals surface area contributed by atoms with Crippen LogP contribution in [-0.4, -0.2) is 10.4 Å². The Bertz CT molecular complexity index is 445. The molecule has 0 aliphatic rings. The highest BCUT2D eigenvalue weighted by Crippen LogP contribution is 2.60. The average Bonchev–Trinajstić information content (AvgIpc) is 1.94. The first-order valence-electron chi connectivity index (χ1n) is 4.57. The van der Waals surface area contributed by atoms with Crippen molar-refractivity contribution in [3.8, 4) is 0 Å². The lowest BCUT2D eigenvalue weighted by molar-refractivity contribution is 0.273. The first kappa shape index (κ1) is 19.2. The highest BCUT2D eigenvalue weighted by atomic mass is 35.9. The van der Waals surface area contributed by atoms with Crippen LogP contribution < -0.4 is 0 Å². The minimum Gasteiger partial charge on any atom is -0.333 e. The number of hydrogen-bond acceptors (Lipinski definition) is 3. The summed E-state index contributed by atoms with van der Waals surface area (Å²) in [6, 6.07) is 0. The quantitative estimate of drug-likeness (QED) is 0.384. The van der Waals surface area contributed by atoms with Crippen molar-refractivity contribution in [3.63, 3.8) is 0 Å². The summed E-state index contributed by atoms with van der Waals surface area (Å²) in [5, 5.41) is 0.0221. The van der Waals surface area contributed by atoms with E-state index in [1.165, 1.54) is 11.1 Å². The highest BCUT2D eigenvalue weighted by Gasteiger charge is 2.24. The van der Waals surface area contributed by atoms with E-state index in [9.17, 15) is 9.13 Å². The summed E-state index contributed by atoms with van der Waals surface area (Å²) in [4.78, 5) is 1.45. The Morgan fingerprint density at radius 2 is 1.50 bits per heavy atom. The molecule has 0 aliphatic heterocycles. The van der Waals surface area contributed by atoms with Gasteiger partial charge in [-0.25, -0.2) is 0 Å². The second-order valence-electron chi connectivity index (χ2n) is 4.30. The fourth-order valence-electron chi connectivity index (χ4n) is 0.946. The van der Waals surface area contributed by atoms with Crippen LogP contribution in [0.25, 0.3) is 0 Å². The molecule has 0 bridgehead atoms. The zero-order chi connectivity index (χ0) is 14.8. The van der Waals surface area contributed by atoms with Gasteiger partial charge in [0.05, 0.1) is 0 Å². The standard InChI is InChI=1S/C8H12Cl5NO2P2/c1-8(2,3)14(4-5-17(10,11)15)7(9)6-18(12,13)16/h4-6H,1-3H3/b5-4+,7-6+. The van der Waals surface area contributed by atoms with E-state index in [1.807, 2.05) is 20.8 Å². The first-order valence-corrected chi connectivity index (χ1v) is 12.1. The Morgan fingerprint density at radius 3 is 1.78 bits per heavy atom. The van der Waals surface area contributed by atoms with Crippen LogP contribution >= 0.6 is 68.3 Å². The molecule has 18 heavy (non-hydrogen) atoms. The number of nitrogens with zero attached hydrogens (tertiary/aromatic N) is 1. The van der Waals surface area contributed by atoms with Gasteiger partial charge < -0.3 is 4.90 Å². The Balaban J connectivity index is 5.42. The Morgan fingerprint density at radius 1 is 1.06 bits per heavy atom. The Hall–Kier alpha value is 1.19. The second-order valence-corrected chi connectivity index (χ2v) is 14.3. The zero-order valence-electron chi connectivity index (χ0n) is 9.78. The molecular weight excluding hydrogens is 381 g/mol. The molecule has 0 aliphatic carbocycles. The van der Waals surface area contributed by atoms with Crippen molar-refractivity contribution >= 4 is 68.3 Å². The van der Waals surface area contributed by atoms with Crippen LogP contribution in [0.1, 0.15) is 20.8 Å². The lowest BCUT2D eigenvalue weighted by atomic mass is 10.1. The summed E-state index contributed by atoms with van der Waals surface area (Å²) in [5.74, 6) is -4.73. The Labute approximate surface area is 131 Å². The van der Waals surface area contributed by atoms with Gasteiger partial charge in [-0.05, 0) is 65.7 Å². The van der Waals surface area contributed by atoms with Crippen LogP contribution in [-0.2, 0) is 9.13 Å². The van der Waals surface area contributed by atoms with Gasteiger partial charge in [-0.15, -0.1) is 0 Å². The fraction of sp³-hybridized carbons (Fsp3) is 0.500. The lowest BCUT2D eigenvalue weighted by Crippen LogP contribution is -2.35. The van der Waals surface area contributed by atoms with E-state index < -0.39 is 17.2 Å². The molecule has 10 heteroatoms.